The molecule has 1 heterocycles. The predicted octanol–water partition coefficient (Wildman–Crippen LogP) is 3.03. The molecule has 8 heteroatoms. The second kappa shape index (κ2) is 7.53. The topological polar surface area (TPSA) is 92.6 Å². The van der Waals surface area contributed by atoms with E-state index >= 15 is 0 Å². The van der Waals surface area contributed by atoms with Gasteiger partial charge in [-0.2, -0.15) is 0 Å². The van der Waals surface area contributed by atoms with Crippen molar-refractivity contribution in [1.29, 1.82) is 0 Å². The van der Waals surface area contributed by atoms with Crippen molar-refractivity contribution >= 4 is 23.2 Å². The van der Waals surface area contributed by atoms with E-state index in [1.54, 1.807) is 4.90 Å². The summed E-state index contributed by atoms with van der Waals surface area (Å²) in [6.07, 6.45) is 0.0221. The summed E-state index contributed by atoms with van der Waals surface area (Å²) in [5.41, 5.74) is 1.48. The number of nitro benzene ring substituents is 1. The van der Waals surface area contributed by atoms with E-state index in [9.17, 15) is 24.1 Å². The van der Waals surface area contributed by atoms with Gasteiger partial charge in [0, 0.05) is 31.6 Å². The van der Waals surface area contributed by atoms with Gasteiger partial charge in [-0.1, -0.05) is 29.8 Å². The van der Waals surface area contributed by atoms with Crippen LogP contribution >= 0.6 is 0 Å². The molecule has 0 radical (unpaired) electrons. The number of nitrogens with zero attached hydrogens (tertiary/aromatic N) is 2. The first-order chi connectivity index (χ1) is 12.8. The highest BCUT2D eigenvalue weighted by Crippen LogP contribution is 2.25. The van der Waals surface area contributed by atoms with Gasteiger partial charge in [0.05, 0.1) is 16.5 Å². The van der Waals surface area contributed by atoms with Crippen LogP contribution in [0, 0.1) is 28.8 Å². The Balaban J connectivity index is 1.66. The number of nitrogens with one attached hydrogen (secondary N) is 1. The number of hydrogen-bond acceptors (Lipinski definition) is 4. The first-order valence-corrected chi connectivity index (χ1v) is 8.41. The summed E-state index contributed by atoms with van der Waals surface area (Å²) in [6, 6.07) is 10.7. The number of halogens is 1. The Kier molecular flexibility index (Phi) is 5.16. The van der Waals surface area contributed by atoms with Crippen molar-refractivity contribution in [2.75, 3.05) is 11.9 Å². The minimum Gasteiger partial charge on any atom is -0.338 e. The summed E-state index contributed by atoms with van der Waals surface area (Å²) in [6.45, 7) is 2.58. The maximum absolute atomic E-state index is 13.8. The molecule has 0 bridgehead atoms. The van der Waals surface area contributed by atoms with Crippen LogP contribution in [0.4, 0.5) is 15.8 Å². The highest BCUT2D eigenvalue weighted by molar-refractivity contribution is 5.97. The second-order valence-corrected chi connectivity index (χ2v) is 6.57. The van der Waals surface area contributed by atoms with Crippen LogP contribution < -0.4 is 5.32 Å². The average Bonchev–Trinajstić information content (AvgIpc) is 2.99. The van der Waals surface area contributed by atoms with Crippen LogP contribution in [0.25, 0.3) is 0 Å². The number of nitro groups is 1. The first kappa shape index (κ1) is 18.5. The summed E-state index contributed by atoms with van der Waals surface area (Å²) in [5.74, 6) is -2.10. The molecule has 2 aromatic rings. The van der Waals surface area contributed by atoms with E-state index in [4.69, 9.17) is 0 Å². The van der Waals surface area contributed by atoms with E-state index < -0.39 is 22.6 Å². The van der Waals surface area contributed by atoms with Crippen LogP contribution in [-0.2, 0) is 16.1 Å². The molecule has 1 fully saturated rings. The van der Waals surface area contributed by atoms with Gasteiger partial charge in [0.25, 0.3) is 5.69 Å². The van der Waals surface area contributed by atoms with Crippen molar-refractivity contribution in [3.05, 3.63) is 69.5 Å². The third kappa shape index (κ3) is 4.28. The highest BCUT2D eigenvalue weighted by Gasteiger charge is 2.34. The van der Waals surface area contributed by atoms with Crippen LogP contribution in [-0.4, -0.2) is 28.2 Å². The summed E-state index contributed by atoms with van der Waals surface area (Å²) in [4.78, 5) is 36.3. The van der Waals surface area contributed by atoms with Crippen molar-refractivity contribution in [2.24, 2.45) is 5.92 Å². The second-order valence-electron chi connectivity index (χ2n) is 6.57. The molecular weight excluding hydrogens is 353 g/mol. The fourth-order valence-electron chi connectivity index (χ4n) is 2.97. The zero-order valence-electron chi connectivity index (χ0n) is 14.6. The Morgan fingerprint density at radius 3 is 2.67 bits per heavy atom. The number of carbonyl (C=O) groups is 2. The Labute approximate surface area is 154 Å². The zero-order valence-corrected chi connectivity index (χ0v) is 14.6. The number of rotatable bonds is 5. The van der Waals surface area contributed by atoms with Crippen LogP contribution in [0.2, 0.25) is 0 Å². The molecule has 2 amide bonds. The number of non-ortho nitro benzene ring substituents is 1. The smallest absolute Gasteiger partial charge is 0.271 e. The summed E-state index contributed by atoms with van der Waals surface area (Å²) < 4.78 is 13.8. The van der Waals surface area contributed by atoms with E-state index in [0.29, 0.717) is 6.54 Å². The molecule has 1 aliphatic rings. The SMILES string of the molecule is Cc1ccc(CN2CC(C(=O)Nc3cc([N+](=O)[O-])ccc3F)CC2=O)cc1. The van der Waals surface area contributed by atoms with Crippen molar-refractivity contribution < 1.29 is 18.9 Å². The molecule has 3 rings (SSSR count). The van der Waals surface area contributed by atoms with Crippen LogP contribution in [0.1, 0.15) is 17.5 Å². The summed E-state index contributed by atoms with van der Waals surface area (Å²) in [7, 11) is 0. The molecule has 1 atom stereocenters. The van der Waals surface area contributed by atoms with Crippen LogP contribution in [0.3, 0.4) is 0 Å². The Morgan fingerprint density at radius 1 is 1.30 bits per heavy atom. The molecular formula is C19H18FN3O4. The van der Waals surface area contributed by atoms with Gasteiger partial charge in [-0.25, -0.2) is 4.39 Å². The van der Waals surface area contributed by atoms with Gasteiger partial charge < -0.3 is 10.2 Å². The number of aryl methyl sites for hydroxylation is 1. The van der Waals surface area contributed by atoms with E-state index in [1.807, 2.05) is 31.2 Å². The number of amides is 2. The summed E-state index contributed by atoms with van der Waals surface area (Å²) >= 11 is 0. The number of anilines is 1. The lowest BCUT2D eigenvalue weighted by molar-refractivity contribution is -0.384. The molecule has 0 aliphatic carbocycles. The van der Waals surface area contributed by atoms with Gasteiger partial charge in [0.2, 0.25) is 11.8 Å². The largest absolute Gasteiger partial charge is 0.338 e. The zero-order chi connectivity index (χ0) is 19.6. The molecule has 1 N–H and O–H groups in total. The number of carbonyl (C=O) groups excluding carboxylic acids is 2. The molecule has 1 aliphatic heterocycles. The molecule has 2 aromatic carbocycles. The molecule has 0 spiro atoms. The van der Waals surface area contributed by atoms with E-state index in [0.717, 1.165) is 29.3 Å². The maximum Gasteiger partial charge on any atom is 0.271 e. The first-order valence-electron chi connectivity index (χ1n) is 8.41. The molecule has 0 aromatic heterocycles. The lowest BCUT2D eigenvalue weighted by Crippen LogP contribution is -2.28. The Hall–Kier alpha value is -3.29. The van der Waals surface area contributed by atoms with Crippen molar-refractivity contribution in [3.8, 4) is 0 Å². The van der Waals surface area contributed by atoms with E-state index in [2.05, 4.69) is 5.32 Å². The van der Waals surface area contributed by atoms with Gasteiger partial charge in [-0.3, -0.25) is 19.7 Å². The predicted molar refractivity (Wildman–Crippen MR) is 96.4 cm³/mol. The van der Waals surface area contributed by atoms with Gasteiger partial charge in [-0.15, -0.1) is 0 Å². The lowest BCUT2D eigenvalue weighted by Gasteiger charge is -2.17. The van der Waals surface area contributed by atoms with Gasteiger partial charge >= 0.3 is 0 Å². The minimum absolute atomic E-state index is 0.0221. The van der Waals surface area contributed by atoms with Crippen molar-refractivity contribution in [1.82, 2.24) is 4.90 Å². The molecule has 7 nitrogen and oxygen atoms in total. The summed E-state index contributed by atoms with van der Waals surface area (Å²) in [5, 5.41) is 13.2. The molecule has 27 heavy (non-hydrogen) atoms. The van der Waals surface area contributed by atoms with Gasteiger partial charge in [0.15, 0.2) is 0 Å². The third-order valence-electron chi connectivity index (χ3n) is 4.50. The van der Waals surface area contributed by atoms with Crippen LogP contribution in [0.5, 0.6) is 0 Å². The van der Waals surface area contributed by atoms with Crippen molar-refractivity contribution in [2.45, 2.75) is 19.9 Å². The lowest BCUT2D eigenvalue weighted by atomic mass is 10.1. The van der Waals surface area contributed by atoms with Gasteiger partial charge in [-0.05, 0) is 18.6 Å². The number of benzene rings is 2. The molecule has 1 saturated heterocycles. The Morgan fingerprint density at radius 2 is 2.00 bits per heavy atom. The maximum atomic E-state index is 13.8. The fraction of sp³-hybridized carbons (Fsp3) is 0.263. The average molecular weight is 371 g/mol. The third-order valence-corrected chi connectivity index (χ3v) is 4.50. The highest BCUT2D eigenvalue weighted by atomic mass is 19.1. The van der Waals surface area contributed by atoms with E-state index in [-0.39, 0.29) is 30.2 Å². The molecule has 0 saturated carbocycles. The fourth-order valence-corrected chi connectivity index (χ4v) is 2.97. The minimum atomic E-state index is -0.769. The van der Waals surface area contributed by atoms with E-state index in [1.165, 1.54) is 0 Å². The quantitative estimate of drug-likeness (QED) is 0.646. The van der Waals surface area contributed by atoms with Crippen molar-refractivity contribution in [3.63, 3.8) is 0 Å². The molecule has 1 unspecified atom stereocenters. The number of hydrogen-bond donors (Lipinski definition) is 1. The van der Waals surface area contributed by atoms with Gasteiger partial charge in [0.1, 0.15) is 5.82 Å². The monoisotopic (exact) mass is 371 g/mol. The Bertz CT molecular complexity index is 898. The normalized spacial score (nSPS) is 16.4. The number of likely N-dealkylation sites (tertiary alicyclic amines) is 1. The standard InChI is InChI=1S/C19H18FN3O4/c1-12-2-4-13(5-3-12)10-22-11-14(8-18(22)24)19(25)21-17-9-15(23(26)27)6-7-16(17)20/h2-7,9,14H,8,10-11H2,1H3,(H,21,25). The molecule has 140 valence electrons. The van der Waals surface area contributed by atoms with Crippen LogP contribution in [0.15, 0.2) is 42.5 Å².